The first-order chi connectivity index (χ1) is 14.9. The van der Waals surface area contributed by atoms with Crippen molar-refractivity contribution in [1.29, 1.82) is 0 Å². The molecule has 0 bridgehead atoms. The highest BCUT2D eigenvalue weighted by Crippen LogP contribution is 2.15. The van der Waals surface area contributed by atoms with Crippen molar-refractivity contribution in [2.24, 2.45) is 0 Å². The van der Waals surface area contributed by atoms with Crippen molar-refractivity contribution in [3.8, 4) is 17.1 Å². The Morgan fingerprint density at radius 1 is 1.10 bits per heavy atom. The predicted octanol–water partition coefficient (Wildman–Crippen LogP) is 3.22. The quantitative estimate of drug-likeness (QED) is 0.554. The molecule has 0 saturated heterocycles. The fourth-order valence-electron chi connectivity index (χ4n) is 3.23. The highest BCUT2D eigenvalue weighted by Gasteiger charge is 2.11. The Morgan fingerprint density at radius 3 is 2.45 bits per heavy atom. The summed E-state index contributed by atoms with van der Waals surface area (Å²) in [5.74, 6) is 1.26. The molecule has 0 fully saturated rings. The molecular weight excluding hydrogens is 392 g/mol. The van der Waals surface area contributed by atoms with Crippen LogP contribution in [0.3, 0.4) is 0 Å². The third-order valence-corrected chi connectivity index (χ3v) is 4.81. The Bertz CT molecular complexity index is 1060. The van der Waals surface area contributed by atoms with Gasteiger partial charge in [0.05, 0.1) is 6.10 Å². The number of ether oxygens (including phenoxy) is 1. The minimum atomic E-state index is -0.212. The van der Waals surface area contributed by atoms with Gasteiger partial charge in [0.15, 0.2) is 0 Å². The molecule has 0 aliphatic rings. The minimum Gasteiger partial charge on any atom is -0.491 e. The topological polar surface area (TPSA) is 97.0 Å². The van der Waals surface area contributed by atoms with Gasteiger partial charge in [0.1, 0.15) is 11.6 Å². The van der Waals surface area contributed by atoms with E-state index in [1.165, 1.54) is 0 Å². The summed E-state index contributed by atoms with van der Waals surface area (Å²) in [5, 5.41) is 2.91. The van der Waals surface area contributed by atoms with Crippen molar-refractivity contribution in [3.63, 3.8) is 0 Å². The zero-order valence-corrected chi connectivity index (χ0v) is 18.1. The first-order valence-corrected chi connectivity index (χ1v) is 10.4. The van der Waals surface area contributed by atoms with Gasteiger partial charge in [-0.25, -0.2) is 4.98 Å². The van der Waals surface area contributed by atoms with Crippen LogP contribution in [0.15, 0.2) is 53.6 Å². The van der Waals surface area contributed by atoms with E-state index in [1.54, 1.807) is 31.5 Å². The van der Waals surface area contributed by atoms with Crippen molar-refractivity contribution < 1.29 is 9.53 Å². The lowest BCUT2D eigenvalue weighted by Crippen LogP contribution is -2.27. The van der Waals surface area contributed by atoms with Gasteiger partial charge in [-0.1, -0.05) is 12.1 Å². The first kappa shape index (κ1) is 22.2. The monoisotopic (exact) mass is 420 g/mol. The van der Waals surface area contributed by atoms with E-state index in [0.29, 0.717) is 30.0 Å². The second-order valence-electron chi connectivity index (χ2n) is 7.62. The normalized spacial score (nSPS) is 10.8. The van der Waals surface area contributed by atoms with Crippen LogP contribution >= 0.6 is 0 Å². The molecule has 0 spiro atoms. The number of carbonyl (C=O) groups excluding carboxylic acids is 1. The van der Waals surface area contributed by atoms with Crippen LogP contribution in [0.1, 0.15) is 37.1 Å². The SMILES string of the molecule is Cc1nc(-c2ccncc2)[nH]c(=O)c1CCC(=O)NCCc1ccc(OC(C)C)cc1. The van der Waals surface area contributed by atoms with Gasteiger partial charge in [-0.05, 0) is 63.4 Å². The number of carbonyl (C=O) groups is 1. The van der Waals surface area contributed by atoms with Crippen LogP contribution in [0.5, 0.6) is 5.75 Å². The highest BCUT2D eigenvalue weighted by atomic mass is 16.5. The van der Waals surface area contributed by atoms with Crippen LogP contribution in [-0.4, -0.2) is 33.5 Å². The number of nitrogens with zero attached hydrogens (tertiary/aromatic N) is 2. The highest BCUT2D eigenvalue weighted by molar-refractivity contribution is 5.76. The molecule has 1 amide bonds. The fourth-order valence-corrected chi connectivity index (χ4v) is 3.23. The maximum atomic E-state index is 12.5. The Morgan fingerprint density at radius 2 is 1.81 bits per heavy atom. The fraction of sp³-hybridized carbons (Fsp3) is 0.333. The molecule has 0 aliphatic heterocycles. The van der Waals surface area contributed by atoms with Gasteiger partial charge in [-0.15, -0.1) is 0 Å². The van der Waals surface area contributed by atoms with Crippen LogP contribution in [-0.2, 0) is 17.6 Å². The van der Waals surface area contributed by atoms with Gasteiger partial charge in [-0.3, -0.25) is 14.6 Å². The van der Waals surface area contributed by atoms with E-state index in [4.69, 9.17) is 4.74 Å². The zero-order chi connectivity index (χ0) is 22.2. The van der Waals surface area contributed by atoms with Crippen molar-refractivity contribution in [2.45, 2.75) is 46.1 Å². The molecule has 3 rings (SSSR count). The van der Waals surface area contributed by atoms with Gasteiger partial charge in [0, 0.05) is 42.2 Å². The molecule has 3 aromatic rings. The first-order valence-electron chi connectivity index (χ1n) is 10.4. The van der Waals surface area contributed by atoms with E-state index in [1.807, 2.05) is 38.1 Å². The summed E-state index contributed by atoms with van der Waals surface area (Å²) >= 11 is 0. The average Bonchev–Trinajstić information content (AvgIpc) is 2.74. The van der Waals surface area contributed by atoms with Crippen molar-refractivity contribution >= 4 is 5.91 Å². The third kappa shape index (κ3) is 6.50. The molecule has 31 heavy (non-hydrogen) atoms. The summed E-state index contributed by atoms with van der Waals surface area (Å²) < 4.78 is 5.63. The molecule has 0 aliphatic carbocycles. The number of aryl methyl sites for hydroxylation is 1. The summed E-state index contributed by atoms with van der Waals surface area (Å²) in [4.78, 5) is 36.0. The Balaban J connectivity index is 1.49. The van der Waals surface area contributed by atoms with E-state index in [-0.39, 0.29) is 24.0 Å². The maximum Gasteiger partial charge on any atom is 0.254 e. The van der Waals surface area contributed by atoms with Crippen molar-refractivity contribution in [3.05, 3.63) is 76.0 Å². The molecular formula is C24H28N4O3. The summed E-state index contributed by atoms with van der Waals surface area (Å²) in [5.41, 5.74) is 2.87. The molecule has 0 atom stereocenters. The van der Waals surface area contributed by atoms with Gasteiger partial charge in [0.2, 0.25) is 5.91 Å². The maximum absolute atomic E-state index is 12.5. The molecule has 0 unspecified atom stereocenters. The van der Waals surface area contributed by atoms with E-state index < -0.39 is 0 Å². The van der Waals surface area contributed by atoms with Crippen LogP contribution in [0, 0.1) is 6.92 Å². The number of nitrogens with one attached hydrogen (secondary N) is 2. The number of pyridine rings is 1. The molecule has 2 N–H and O–H groups in total. The Hall–Kier alpha value is -3.48. The van der Waals surface area contributed by atoms with E-state index in [0.717, 1.165) is 23.3 Å². The lowest BCUT2D eigenvalue weighted by molar-refractivity contribution is -0.121. The largest absolute Gasteiger partial charge is 0.491 e. The van der Waals surface area contributed by atoms with Crippen molar-refractivity contribution in [1.82, 2.24) is 20.3 Å². The second kappa shape index (κ2) is 10.5. The number of aromatic amines is 1. The predicted molar refractivity (Wildman–Crippen MR) is 120 cm³/mol. The van der Waals surface area contributed by atoms with Crippen LogP contribution in [0.25, 0.3) is 11.4 Å². The minimum absolute atomic E-state index is 0.0863. The number of amides is 1. The molecule has 1 aromatic carbocycles. The number of rotatable bonds is 9. The molecule has 0 radical (unpaired) electrons. The molecule has 7 nitrogen and oxygen atoms in total. The number of H-pyrrole nitrogens is 1. The zero-order valence-electron chi connectivity index (χ0n) is 18.1. The van der Waals surface area contributed by atoms with E-state index in [9.17, 15) is 9.59 Å². The second-order valence-corrected chi connectivity index (χ2v) is 7.62. The van der Waals surface area contributed by atoms with Gasteiger partial charge in [-0.2, -0.15) is 0 Å². The molecule has 162 valence electrons. The van der Waals surface area contributed by atoms with Gasteiger partial charge < -0.3 is 15.0 Å². The lowest BCUT2D eigenvalue weighted by Gasteiger charge is -2.10. The van der Waals surface area contributed by atoms with E-state index >= 15 is 0 Å². The number of hydrogen-bond acceptors (Lipinski definition) is 5. The summed E-state index contributed by atoms with van der Waals surface area (Å²) in [6, 6.07) is 11.5. The van der Waals surface area contributed by atoms with Crippen LogP contribution < -0.4 is 15.6 Å². The van der Waals surface area contributed by atoms with Crippen molar-refractivity contribution in [2.75, 3.05) is 6.54 Å². The molecule has 7 heteroatoms. The average molecular weight is 421 g/mol. The summed E-state index contributed by atoms with van der Waals surface area (Å²) in [7, 11) is 0. The number of hydrogen-bond donors (Lipinski definition) is 2. The molecule has 2 aromatic heterocycles. The lowest BCUT2D eigenvalue weighted by atomic mass is 10.1. The summed E-state index contributed by atoms with van der Waals surface area (Å²) in [6.07, 6.45) is 4.75. The Kier molecular flexibility index (Phi) is 7.54. The van der Waals surface area contributed by atoms with Crippen LogP contribution in [0.2, 0.25) is 0 Å². The Labute approximate surface area is 181 Å². The summed E-state index contributed by atoms with van der Waals surface area (Å²) in [6.45, 7) is 6.31. The smallest absolute Gasteiger partial charge is 0.254 e. The standard InChI is InChI=1S/C24H28N4O3/c1-16(2)31-20-6-4-18(5-7-20)10-15-26-22(29)9-8-21-17(3)27-23(28-24(21)30)19-11-13-25-14-12-19/h4-7,11-14,16H,8-10,15H2,1-3H3,(H,26,29)(H,27,28,30). The van der Waals surface area contributed by atoms with Gasteiger partial charge in [0.25, 0.3) is 5.56 Å². The van der Waals surface area contributed by atoms with Gasteiger partial charge >= 0.3 is 0 Å². The van der Waals surface area contributed by atoms with Crippen LogP contribution in [0.4, 0.5) is 0 Å². The third-order valence-electron chi connectivity index (χ3n) is 4.81. The molecule has 0 saturated carbocycles. The van der Waals surface area contributed by atoms with E-state index in [2.05, 4.69) is 20.3 Å². The number of benzene rings is 1. The number of aromatic nitrogens is 3. The molecule has 2 heterocycles.